The number of rotatable bonds is 5. The smallest absolute Gasteiger partial charge is 0.162 e. The molecule has 2 aromatic heterocycles. The van der Waals surface area contributed by atoms with Gasteiger partial charge in [-0.05, 0) is 45.9 Å². The summed E-state index contributed by atoms with van der Waals surface area (Å²) in [5.74, 6) is 0.782. The molecule has 2 rings (SSSR count). The Labute approximate surface area is 126 Å². The van der Waals surface area contributed by atoms with Gasteiger partial charge < -0.3 is 10.1 Å². The summed E-state index contributed by atoms with van der Waals surface area (Å²) in [7, 11) is 3.61. The minimum absolute atomic E-state index is 0.0505. The molecular weight excluding hydrogens is 264 g/mol. The highest BCUT2D eigenvalue weighted by Crippen LogP contribution is 2.32. The van der Waals surface area contributed by atoms with Gasteiger partial charge >= 0.3 is 0 Å². The third kappa shape index (κ3) is 2.93. The van der Waals surface area contributed by atoms with Gasteiger partial charge in [0.25, 0.3) is 0 Å². The van der Waals surface area contributed by atoms with Crippen LogP contribution in [0.4, 0.5) is 0 Å². The minimum atomic E-state index is -0.0505. The molecule has 1 unspecified atom stereocenters. The Morgan fingerprint density at radius 2 is 1.95 bits per heavy atom. The number of aromatic nitrogens is 3. The lowest BCUT2D eigenvalue weighted by atomic mass is 10.0. The monoisotopic (exact) mass is 288 g/mol. The normalized spacial score (nSPS) is 12.7. The van der Waals surface area contributed by atoms with Gasteiger partial charge in [-0.1, -0.05) is 6.07 Å². The largest absolute Gasteiger partial charge is 0.493 e. The fourth-order valence-electron chi connectivity index (χ4n) is 2.63. The zero-order valence-corrected chi connectivity index (χ0v) is 13.6. The maximum Gasteiger partial charge on any atom is 0.162 e. The van der Waals surface area contributed by atoms with Crippen molar-refractivity contribution < 1.29 is 4.74 Å². The van der Waals surface area contributed by atoms with Crippen LogP contribution in [0, 0.1) is 13.8 Å². The molecule has 0 fully saturated rings. The van der Waals surface area contributed by atoms with E-state index >= 15 is 0 Å². The van der Waals surface area contributed by atoms with E-state index < -0.39 is 0 Å². The molecule has 0 aliphatic carbocycles. The highest BCUT2D eigenvalue weighted by Gasteiger charge is 2.25. The van der Waals surface area contributed by atoms with E-state index in [0.717, 1.165) is 28.3 Å². The summed E-state index contributed by atoms with van der Waals surface area (Å²) in [6.45, 7) is 8.36. The Kier molecular flexibility index (Phi) is 4.63. The molecule has 0 bridgehead atoms. The lowest BCUT2D eigenvalue weighted by molar-refractivity contribution is 0.395. The van der Waals surface area contributed by atoms with Gasteiger partial charge in [-0.25, -0.2) is 0 Å². The maximum absolute atomic E-state index is 5.49. The van der Waals surface area contributed by atoms with Crippen molar-refractivity contribution in [1.82, 2.24) is 20.1 Å². The molecule has 1 N–H and O–H groups in total. The Morgan fingerprint density at radius 3 is 2.48 bits per heavy atom. The lowest BCUT2D eigenvalue weighted by Crippen LogP contribution is -2.24. The van der Waals surface area contributed by atoms with Crippen molar-refractivity contribution in [2.24, 2.45) is 0 Å². The van der Waals surface area contributed by atoms with E-state index in [-0.39, 0.29) is 12.1 Å². The molecule has 2 heterocycles. The first-order valence-electron chi connectivity index (χ1n) is 7.21. The van der Waals surface area contributed by atoms with Crippen LogP contribution < -0.4 is 10.1 Å². The van der Waals surface area contributed by atoms with Crippen LogP contribution in [0.15, 0.2) is 18.5 Å². The number of methoxy groups -OCH3 is 1. The molecule has 0 aliphatic heterocycles. The van der Waals surface area contributed by atoms with Crippen molar-refractivity contribution >= 4 is 0 Å². The fourth-order valence-corrected chi connectivity index (χ4v) is 2.63. The number of hydrogen-bond donors (Lipinski definition) is 1. The predicted molar refractivity (Wildman–Crippen MR) is 83.8 cm³/mol. The molecule has 114 valence electrons. The van der Waals surface area contributed by atoms with E-state index in [2.05, 4.69) is 49.2 Å². The van der Waals surface area contributed by atoms with Crippen LogP contribution >= 0.6 is 0 Å². The van der Waals surface area contributed by atoms with Crippen molar-refractivity contribution in [3.05, 3.63) is 41.0 Å². The van der Waals surface area contributed by atoms with Gasteiger partial charge in [0.1, 0.15) is 5.69 Å². The predicted octanol–water partition coefficient (Wildman–Crippen LogP) is 2.79. The first kappa shape index (κ1) is 15.5. The van der Waals surface area contributed by atoms with Crippen LogP contribution in [-0.2, 0) is 0 Å². The summed E-state index contributed by atoms with van der Waals surface area (Å²) in [5, 5.41) is 7.80. The van der Waals surface area contributed by atoms with Crippen LogP contribution in [0.2, 0.25) is 0 Å². The van der Waals surface area contributed by atoms with E-state index in [1.165, 1.54) is 0 Å². The summed E-state index contributed by atoms with van der Waals surface area (Å²) >= 11 is 0. The first-order chi connectivity index (χ1) is 9.99. The lowest BCUT2D eigenvalue weighted by Gasteiger charge is -2.22. The average Bonchev–Trinajstić information content (AvgIpc) is 2.86. The van der Waals surface area contributed by atoms with Gasteiger partial charge in [0.2, 0.25) is 0 Å². The second-order valence-electron chi connectivity index (χ2n) is 5.57. The third-order valence-corrected chi connectivity index (χ3v) is 3.60. The molecule has 0 spiro atoms. The Balaban J connectivity index is 2.58. The molecule has 5 nitrogen and oxygen atoms in total. The van der Waals surface area contributed by atoms with E-state index in [1.54, 1.807) is 13.3 Å². The van der Waals surface area contributed by atoms with E-state index in [9.17, 15) is 0 Å². The molecule has 0 saturated carbocycles. The maximum atomic E-state index is 5.49. The Hall–Kier alpha value is -1.88. The summed E-state index contributed by atoms with van der Waals surface area (Å²) in [5.41, 5.74) is 4.33. The molecule has 21 heavy (non-hydrogen) atoms. The Bertz CT molecular complexity index is 619. The molecule has 5 heteroatoms. The fraction of sp³-hybridized carbons (Fsp3) is 0.500. The second-order valence-corrected chi connectivity index (χ2v) is 5.57. The van der Waals surface area contributed by atoms with Gasteiger partial charge in [-0.2, -0.15) is 5.10 Å². The summed E-state index contributed by atoms with van der Waals surface area (Å²) in [6.07, 6.45) is 3.67. The van der Waals surface area contributed by atoms with Gasteiger partial charge in [-0.3, -0.25) is 9.67 Å². The zero-order chi connectivity index (χ0) is 15.6. The van der Waals surface area contributed by atoms with Crippen molar-refractivity contribution in [1.29, 1.82) is 0 Å². The topological polar surface area (TPSA) is 52.0 Å². The SMILES string of the molecule is CNC(c1ncc(C)cc1C)c1c(OC)cnn1C(C)C. The molecule has 0 amide bonds. The van der Waals surface area contributed by atoms with E-state index in [0.29, 0.717) is 0 Å². The first-order valence-corrected chi connectivity index (χ1v) is 7.21. The number of hydrogen-bond acceptors (Lipinski definition) is 4. The molecule has 2 aromatic rings. The Morgan fingerprint density at radius 1 is 1.24 bits per heavy atom. The van der Waals surface area contributed by atoms with Crippen molar-refractivity contribution in [2.75, 3.05) is 14.2 Å². The minimum Gasteiger partial charge on any atom is -0.493 e. The molecule has 0 aliphatic rings. The summed E-state index contributed by atoms with van der Waals surface area (Å²) in [4.78, 5) is 4.62. The van der Waals surface area contributed by atoms with Gasteiger partial charge in [0, 0.05) is 12.2 Å². The van der Waals surface area contributed by atoms with E-state index in [4.69, 9.17) is 4.74 Å². The molecule has 1 atom stereocenters. The average molecular weight is 288 g/mol. The summed E-state index contributed by atoms with van der Waals surface area (Å²) < 4.78 is 7.48. The van der Waals surface area contributed by atoms with Crippen LogP contribution in [0.1, 0.15) is 48.4 Å². The quantitative estimate of drug-likeness (QED) is 0.919. The highest BCUT2D eigenvalue weighted by molar-refractivity contribution is 5.37. The van der Waals surface area contributed by atoms with Crippen LogP contribution in [-0.4, -0.2) is 28.9 Å². The molecule has 0 saturated heterocycles. The second kappa shape index (κ2) is 6.26. The van der Waals surface area contributed by atoms with E-state index in [1.807, 2.05) is 17.9 Å². The molecule has 0 aromatic carbocycles. The zero-order valence-electron chi connectivity index (χ0n) is 13.6. The number of pyridine rings is 1. The number of ether oxygens (including phenoxy) is 1. The van der Waals surface area contributed by atoms with Gasteiger partial charge in [0.15, 0.2) is 5.75 Å². The van der Waals surface area contributed by atoms with Gasteiger partial charge in [-0.15, -0.1) is 0 Å². The van der Waals surface area contributed by atoms with Crippen LogP contribution in [0.25, 0.3) is 0 Å². The number of nitrogens with one attached hydrogen (secondary N) is 1. The number of aryl methyl sites for hydroxylation is 2. The van der Waals surface area contributed by atoms with Crippen molar-refractivity contribution in [3.63, 3.8) is 0 Å². The van der Waals surface area contributed by atoms with Crippen LogP contribution in [0.3, 0.4) is 0 Å². The third-order valence-electron chi connectivity index (χ3n) is 3.60. The highest BCUT2D eigenvalue weighted by atomic mass is 16.5. The van der Waals surface area contributed by atoms with Gasteiger partial charge in [0.05, 0.1) is 25.0 Å². The molecular formula is C16H24N4O. The summed E-state index contributed by atoms with van der Waals surface area (Å²) in [6, 6.07) is 2.35. The number of nitrogens with zero attached hydrogens (tertiary/aromatic N) is 3. The van der Waals surface area contributed by atoms with Crippen LogP contribution in [0.5, 0.6) is 5.75 Å². The molecule has 0 radical (unpaired) electrons. The van der Waals surface area contributed by atoms with Crippen molar-refractivity contribution in [3.8, 4) is 5.75 Å². The van der Waals surface area contributed by atoms with Crippen molar-refractivity contribution in [2.45, 2.75) is 39.8 Å². The standard InChI is InChI=1S/C16H24N4O/c1-10(2)20-16(13(21-6)9-19-20)15(17-5)14-12(4)7-11(3)8-18-14/h7-10,15,17H,1-6H3.